The number of nitrogens with one attached hydrogen (secondary N) is 3. The van der Waals surface area contributed by atoms with Crippen LogP contribution in [0, 0.1) is 0 Å². The molecule has 212 valence electrons. The molecule has 15 heteroatoms. The summed E-state index contributed by atoms with van der Waals surface area (Å²) in [6.45, 7) is 0.291. The number of amides is 4. The van der Waals surface area contributed by atoms with Crippen molar-refractivity contribution < 1.29 is 33.9 Å². The number of benzene rings is 1. The van der Waals surface area contributed by atoms with E-state index in [0.717, 1.165) is 36.1 Å². The van der Waals surface area contributed by atoms with E-state index in [-0.39, 0.29) is 43.5 Å². The van der Waals surface area contributed by atoms with Crippen molar-refractivity contribution in [2.75, 3.05) is 26.2 Å². The molecule has 7 rings (SSSR count). The first kappa shape index (κ1) is 24.9. The van der Waals surface area contributed by atoms with Gasteiger partial charge in [0.25, 0.3) is 5.91 Å². The molecule has 1 saturated carbocycles. The van der Waals surface area contributed by atoms with Crippen LogP contribution < -0.4 is 32.2 Å². The molecule has 1 aromatic carbocycles. The molecule has 1 spiro atoms. The van der Waals surface area contributed by atoms with Gasteiger partial charge in [-0.15, -0.1) is 0 Å². The molecule has 1 aliphatic carbocycles. The topological polar surface area (TPSA) is 211 Å². The lowest BCUT2D eigenvalue weighted by atomic mass is 9.85. The number of nitrogens with two attached hydrogens (primary N) is 2. The van der Waals surface area contributed by atoms with Crippen LogP contribution >= 0.6 is 0 Å². The fourth-order valence-electron chi connectivity index (χ4n) is 6.72. The number of ether oxygens (including phenoxy) is 1. The molecule has 4 atom stereocenters. The number of carbonyl (C=O) groups excluding carboxylic acids is 3. The highest BCUT2D eigenvalue weighted by molar-refractivity contribution is 6.02. The number of aliphatic hydroxyl groups is 2. The zero-order chi connectivity index (χ0) is 28.0. The van der Waals surface area contributed by atoms with Crippen molar-refractivity contribution in [2.24, 2.45) is 16.5 Å². The van der Waals surface area contributed by atoms with Gasteiger partial charge in [0.1, 0.15) is 30.4 Å². The molecule has 5 heterocycles. The molecule has 0 bridgehead atoms. The predicted octanol–water partition coefficient (Wildman–Crippen LogP) is -3.49. The number of fused-ring (bicyclic) bond motifs is 1. The van der Waals surface area contributed by atoms with Gasteiger partial charge < -0.3 is 36.2 Å². The second kappa shape index (κ2) is 8.44. The molecule has 2 saturated heterocycles. The highest BCUT2D eigenvalue weighted by atomic mass is 16.5. The van der Waals surface area contributed by atoms with Crippen molar-refractivity contribution in [2.45, 2.75) is 61.3 Å². The molecule has 9 N–H and O–H groups in total. The summed E-state index contributed by atoms with van der Waals surface area (Å²) in [5.41, 5.74) is 11.9. The third kappa shape index (κ3) is 3.40. The highest BCUT2D eigenvalue weighted by Crippen LogP contribution is 2.42. The Bertz CT molecular complexity index is 1390. The van der Waals surface area contributed by atoms with Crippen LogP contribution in [-0.4, -0.2) is 116 Å². The fourth-order valence-corrected chi connectivity index (χ4v) is 6.72. The maximum absolute atomic E-state index is 13.4. The van der Waals surface area contributed by atoms with Gasteiger partial charge in [0.05, 0.1) is 25.3 Å². The Kier molecular flexibility index (Phi) is 5.26. The summed E-state index contributed by atoms with van der Waals surface area (Å²) in [5.74, 6) is -3.04. The monoisotopic (exact) mass is 554 g/mol. The summed E-state index contributed by atoms with van der Waals surface area (Å²) < 4.78 is 7.24. The van der Waals surface area contributed by atoms with Crippen molar-refractivity contribution in [1.82, 2.24) is 25.8 Å². The lowest BCUT2D eigenvalue weighted by molar-refractivity contribution is -0.623. The number of nitrogens with zero attached hydrogens (tertiary/aromatic N) is 4. The first-order chi connectivity index (χ1) is 19.1. The highest BCUT2D eigenvalue weighted by Gasteiger charge is 2.75. The van der Waals surface area contributed by atoms with Crippen molar-refractivity contribution in [3.8, 4) is 5.75 Å². The van der Waals surface area contributed by atoms with E-state index in [9.17, 15) is 24.6 Å². The van der Waals surface area contributed by atoms with Crippen molar-refractivity contribution in [3.05, 3.63) is 29.3 Å². The van der Waals surface area contributed by atoms with Crippen LogP contribution in [0.2, 0.25) is 0 Å². The van der Waals surface area contributed by atoms with Crippen LogP contribution in [0.4, 0.5) is 4.79 Å². The maximum Gasteiger partial charge on any atom is 0.346 e. The van der Waals surface area contributed by atoms with Gasteiger partial charge in [0.2, 0.25) is 17.4 Å². The third-order valence-corrected chi connectivity index (χ3v) is 8.80. The quantitative estimate of drug-likeness (QED) is 0.108. The number of aliphatic imine (C=N–C) groups is 1. The number of rotatable bonds is 5. The molecule has 40 heavy (non-hydrogen) atoms. The number of hydrogen-bond acceptors (Lipinski definition) is 11. The Morgan fingerprint density at radius 3 is 2.85 bits per heavy atom. The molecule has 0 radical (unpaired) electrons. The average Bonchev–Trinajstić information content (AvgIpc) is 3.59. The summed E-state index contributed by atoms with van der Waals surface area (Å²) in [5, 5.41) is 32.1. The van der Waals surface area contributed by atoms with Crippen molar-refractivity contribution in [1.29, 1.82) is 0 Å². The van der Waals surface area contributed by atoms with Crippen LogP contribution in [0.25, 0.3) is 0 Å². The van der Waals surface area contributed by atoms with E-state index in [4.69, 9.17) is 16.2 Å². The molecular formula is C25H32N9O6+. The van der Waals surface area contributed by atoms with Gasteiger partial charge in [0.15, 0.2) is 5.96 Å². The summed E-state index contributed by atoms with van der Waals surface area (Å²) in [6, 6.07) is 1.96. The molecule has 15 nitrogen and oxygen atoms in total. The van der Waals surface area contributed by atoms with E-state index in [1.165, 1.54) is 4.58 Å². The number of urea groups is 1. The second-order valence-corrected chi connectivity index (χ2v) is 11.2. The van der Waals surface area contributed by atoms with Gasteiger partial charge in [-0.05, 0) is 37.3 Å². The molecule has 1 aromatic rings. The third-order valence-electron chi connectivity index (χ3n) is 8.80. The van der Waals surface area contributed by atoms with Gasteiger partial charge >= 0.3 is 12.0 Å². The molecule has 6 aliphatic rings. The van der Waals surface area contributed by atoms with Gasteiger partial charge in [-0.2, -0.15) is 0 Å². The van der Waals surface area contributed by atoms with E-state index in [1.807, 2.05) is 6.07 Å². The minimum Gasteiger partial charge on any atom is -0.492 e. The van der Waals surface area contributed by atoms with Gasteiger partial charge in [0, 0.05) is 6.04 Å². The van der Waals surface area contributed by atoms with Crippen LogP contribution in [0.15, 0.2) is 23.2 Å². The van der Waals surface area contributed by atoms with E-state index in [2.05, 4.69) is 20.9 Å². The number of para-hydroxylation sites is 1. The van der Waals surface area contributed by atoms with E-state index in [1.54, 1.807) is 17.0 Å². The smallest absolute Gasteiger partial charge is 0.346 e. The summed E-state index contributed by atoms with van der Waals surface area (Å²) in [7, 11) is 0. The predicted molar refractivity (Wildman–Crippen MR) is 138 cm³/mol. The Morgan fingerprint density at radius 2 is 2.08 bits per heavy atom. The van der Waals surface area contributed by atoms with E-state index < -0.39 is 41.5 Å². The lowest BCUT2D eigenvalue weighted by Gasteiger charge is -2.44. The minimum atomic E-state index is -2.63. The second-order valence-electron chi connectivity index (χ2n) is 11.2. The standard InChI is InChI=1S/C25H31N9O6/c26-21-30-19-15(9-33-17(35)11-32(23(33)37)13-6-7-13)28-22(27)34-10-16(25(38,39)24(19,34)31-21)29-20(36)14-5-1-3-12-4-2-8-40-18(12)14/h1,3,5,13,15-16,19,38-39H,2,4,6-11H2,(H6,26,27,28,29,30,31,36)/p+1/t15-,16?,19-,24-/m0/s1. The number of imide groups is 1. The SMILES string of the molecule is NC1=N[C@H]2[C@H](CN3C(=O)CN(C4CC4)C3=O)NC(N)=[N+]3CC(NC(=O)c4cccc5c4OCCC5)C(O)(O)[C@]23N1. The largest absolute Gasteiger partial charge is 0.492 e. The summed E-state index contributed by atoms with van der Waals surface area (Å²) in [4.78, 5) is 46.3. The molecule has 0 aromatic heterocycles. The Hall–Kier alpha value is -4.11. The minimum absolute atomic E-state index is 0.00591. The van der Waals surface area contributed by atoms with Gasteiger partial charge in [-0.25, -0.2) is 14.4 Å². The zero-order valence-electron chi connectivity index (χ0n) is 21.7. The van der Waals surface area contributed by atoms with Crippen LogP contribution in [0.1, 0.15) is 35.2 Å². The van der Waals surface area contributed by atoms with Crippen LogP contribution in [-0.2, 0) is 11.2 Å². The molecule has 5 aliphatic heterocycles. The maximum atomic E-state index is 13.4. The zero-order valence-corrected chi connectivity index (χ0v) is 21.7. The Labute approximate surface area is 228 Å². The van der Waals surface area contributed by atoms with Crippen LogP contribution in [0.5, 0.6) is 5.75 Å². The van der Waals surface area contributed by atoms with Crippen LogP contribution in [0.3, 0.4) is 0 Å². The number of hydrogen-bond donors (Lipinski definition) is 7. The average molecular weight is 555 g/mol. The first-order valence-corrected chi connectivity index (χ1v) is 13.5. The number of guanidine groups is 2. The lowest BCUT2D eigenvalue weighted by Crippen LogP contribution is -2.79. The molecule has 3 fully saturated rings. The summed E-state index contributed by atoms with van der Waals surface area (Å²) >= 11 is 0. The first-order valence-electron chi connectivity index (χ1n) is 13.5. The number of aryl methyl sites for hydroxylation is 1. The molecular weight excluding hydrogens is 522 g/mol. The van der Waals surface area contributed by atoms with Crippen molar-refractivity contribution >= 4 is 29.8 Å². The fraction of sp³-hybridized carbons (Fsp3) is 0.560. The Balaban J connectivity index is 1.18. The van der Waals surface area contributed by atoms with Gasteiger partial charge in [-0.3, -0.25) is 25.5 Å². The van der Waals surface area contributed by atoms with E-state index >= 15 is 0 Å². The summed E-state index contributed by atoms with van der Waals surface area (Å²) in [6.07, 6.45) is 3.36. The number of carbonyl (C=O) groups is 3. The van der Waals surface area contributed by atoms with Gasteiger partial charge in [-0.1, -0.05) is 12.1 Å². The van der Waals surface area contributed by atoms with Crippen molar-refractivity contribution in [3.63, 3.8) is 0 Å². The Morgan fingerprint density at radius 1 is 1.27 bits per heavy atom. The molecule has 4 amide bonds. The van der Waals surface area contributed by atoms with E-state index in [0.29, 0.717) is 17.9 Å². The normalized spacial score (nSPS) is 32.0. The molecule has 1 unspecified atom stereocenters.